The van der Waals surface area contributed by atoms with Crippen LogP contribution in [0.15, 0.2) is 206 Å². The van der Waals surface area contributed by atoms with E-state index in [-0.39, 0.29) is 0 Å². The van der Waals surface area contributed by atoms with Crippen molar-refractivity contribution in [1.29, 1.82) is 0 Å². The van der Waals surface area contributed by atoms with Crippen LogP contribution in [-0.2, 0) is 0 Å². The summed E-state index contributed by atoms with van der Waals surface area (Å²) in [5.41, 5.74) is 11.4. The van der Waals surface area contributed by atoms with Gasteiger partial charge in [0.15, 0.2) is 0 Å². The molecule has 0 aliphatic heterocycles. The fraction of sp³-hybridized carbons (Fsp3) is 0. The van der Waals surface area contributed by atoms with Crippen LogP contribution in [-0.4, -0.2) is 4.98 Å². The molecular weight excluding hydrogens is 617 g/mol. The SMILES string of the molecule is c1ccc(-c2cc(-c3ccccc3)cc(-c3c4ccccc4c(N(c4ccccc4)c4cccc(-c5ccccc5)n4)c4ccccc34)c2)cc1. The van der Waals surface area contributed by atoms with Crippen molar-refractivity contribution in [3.05, 3.63) is 206 Å². The van der Waals surface area contributed by atoms with E-state index in [1.807, 2.05) is 6.07 Å². The minimum Gasteiger partial charge on any atom is -0.294 e. The predicted molar refractivity (Wildman–Crippen MR) is 216 cm³/mol. The minimum absolute atomic E-state index is 0.864. The van der Waals surface area contributed by atoms with Crippen molar-refractivity contribution in [1.82, 2.24) is 4.98 Å². The van der Waals surface area contributed by atoms with Gasteiger partial charge in [0.25, 0.3) is 0 Å². The highest BCUT2D eigenvalue weighted by atomic mass is 15.2. The van der Waals surface area contributed by atoms with E-state index in [4.69, 9.17) is 4.98 Å². The zero-order valence-electron chi connectivity index (χ0n) is 28.0. The minimum atomic E-state index is 0.864. The molecule has 1 heterocycles. The van der Waals surface area contributed by atoms with Gasteiger partial charge in [0.05, 0.1) is 11.4 Å². The van der Waals surface area contributed by atoms with Gasteiger partial charge in [-0.15, -0.1) is 0 Å². The Morgan fingerprint density at radius 1 is 0.314 bits per heavy atom. The van der Waals surface area contributed by atoms with E-state index in [1.165, 1.54) is 44.2 Å². The van der Waals surface area contributed by atoms with Gasteiger partial charge in [-0.2, -0.15) is 0 Å². The van der Waals surface area contributed by atoms with Crippen molar-refractivity contribution in [2.75, 3.05) is 4.90 Å². The van der Waals surface area contributed by atoms with E-state index in [0.717, 1.165) is 39.2 Å². The topological polar surface area (TPSA) is 16.1 Å². The van der Waals surface area contributed by atoms with Crippen molar-refractivity contribution >= 4 is 38.7 Å². The van der Waals surface area contributed by atoms with Gasteiger partial charge >= 0.3 is 0 Å². The Morgan fingerprint density at radius 2 is 0.745 bits per heavy atom. The number of hydrogen-bond donors (Lipinski definition) is 0. The lowest BCUT2D eigenvalue weighted by Crippen LogP contribution is -2.13. The van der Waals surface area contributed by atoms with Crippen LogP contribution in [0.5, 0.6) is 0 Å². The maximum atomic E-state index is 5.31. The summed E-state index contributed by atoms with van der Waals surface area (Å²) in [5, 5.41) is 4.70. The second-order valence-electron chi connectivity index (χ2n) is 12.8. The maximum absolute atomic E-state index is 5.31. The molecule has 0 aliphatic carbocycles. The van der Waals surface area contributed by atoms with Crippen molar-refractivity contribution in [3.8, 4) is 44.6 Å². The third-order valence-corrected chi connectivity index (χ3v) is 9.61. The van der Waals surface area contributed by atoms with Gasteiger partial charge in [-0.3, -0.25) is 4.90 Å². The molecule has 0 radical (unpaired) electrons. The summed E-state index contributed by atoms with van der Waals surface area (Å²) in [6, 6.07) is 73.4. The fourth-order valence-corrected chi connectivity index (χ4v) is 7.29. The highest BCUT2D eigenvalue weighted by molar-refractivity contribution is 6.22. The first kappa shape index (κ1) is 30.3. The van der Waals surface area contributed by atoms with E-state index in [0.29, 0.717) is 0 Å². The molecule has 0 unspecified atom stereocenters. The Kier molecular flexibility index (Phi) is 7.88. The predicted octanol–water partition coefficient (Wildman–Crippen LogP) is 13.5. The molecular formula is C49H34N2. The quantitative estimate of drug-likeness (QED) is 0.160. The number of hydrogen-bond acceptors (Lipinski definition) is 2. The number of fused-ring (bicyclic) bond motifs is 2. The van der Waals surface area contributed by atoms with E-state index in [1.54, 1.807) is 0 Å². The highest BCUT2D eigenvalue weighted by Gasteiger charge is 2.23. The van der Waals surface area contributed by atoms with Crippen LogP contribution < -0.4 is 4.90 Å². The monoisotopic (exact) mass is 650 g/mol. The Balaban J connectivity index is 1.35. The zero-order chi connectivity index (χ0) is 34.0. The first-order valence-electron chi connectivity index (χ1n) is 17.4. The first-order valence-corrected chi connectivity index (χ1v) is 17.4. The van der Waals surface area contributed by atoms with Gasteiger partial charge in [-0.25, -0.2) is 4.98 Å². The Labute approximate surface area is 298 Å². The van der Waals surface area contributed by atoms with Crippen LogP contribution >= 0.6 is 0 Å². The molecule has 0 saturated carbocycles. The van der Waals surface area contributed by atoms with E-state index >= 15 is 0 Å². The smallest absolute Gasteiger partial charge is 0.138 e. The maximum Gasteiger partial charge on any atom is 0.138 e. The average Bonchev–Trinajstić information content (AvgIpc) is 3.22. The highest BCUT2D eigenvalue weighted by Crippen LogP contribution is 2.48. The van der Waals surface area contributed by atoms with Gasteiger partial charge in [0, 0.05) is 22.0 Å². The lowest BCUT2D eigenvalue weighted by atomic mass is 9.87. The standard InChI is InChI=1S/C49H34N2/c1-5-18-35(19-6-1)38-32-39(36-20-7-2-8-21-36)34-40(33-38)48-42-26-13-15-28-44(42)49(45-29-16-14-27-43(45)48)51(41-24-11-4-12-25-41)47-31-17-30-46(50-47)37-22-9-3-10-23-37/h1-34H. The van der Waals surface area contributed by atoms with Crippen LogP contribution in [0.4, 0.5) is 17.2 Å². The number of pyridine rings is 1. The van der Waals surface area contributed by atoms with Crippen LogP contribution in [0.2, 0.25) is 0 Å². The Bertz CT molecular complexity index is 2500. The third-order valence-electron chi connectivity index (χ3n) is 9.61. The molecule has 9 rings (SSSR count). The molecule has 0 saturated heterocycles. The van der Waals surface area contributed by atoms with E-state index < -0.39 is 0 Å². The van der Waals surface area contributed by atoms with Crippen molar-refractivity contribution < 1.29 is 0 Å². The summed E-state index contributed by atoms with van der Waals surface area (Å²) in [4.78, 5) is 7.64. The molecule has 1 aromatic heterocycles. The van der Waals surface area contributed by atoms with Crippen LogP contribution in [0, 0.1) is 0 Å². The second-order valence-corrected chi connectivity index (χ2v) is 12.8. The summed E-state index contributed by atoms with van der Waals surface area (Å²) < 4.78 is 0. The number of anilines is 3. The first-order chi connectivity index (χ1) is 25.3. The molecule has 0 spiro atoms. The van der Waals surface area contributed by atoms with E-state index in [2.05, 4.69) is 205 Å². The second kappa shape index (κ2) is 13.3. The Morgan fingerprint density at radius 3 is 1.27 bits per heavy atom. The number of para-hydroxylation sites is 1. The van der Waals surface area contributed by atoms with Crippen molar-refractivity contribution in [2.45, 2.75) is 0 Å². The molecule has 240 valence electrons. The molecule has 2 nitrogen and oxygen atoms in total. The van der Waals surface area contributed by atoms with Crippen LogP contribution in [0.1, 0.15) is 0 Å². The van der Waals surface area contributed by atoms with Gasteiger partial charge in [0.1, 0.15) is 5.82 Å². The average molecular weight is 651 g/mol. The number of benzene rings is 8. The molecule has 2 heteroatoms. The molecule has 0 N–H and O–H groups in total. The molecule has 8 aromatic carbocycles. The molecule has 0 fully saturated rings. The van der Waals surface area contributed by atoms with Gasteiger partial charge in [0.2, 0.25) is 0 Å². The summed E-state index contributed by atoms with van der Waals surface area (Å²) >= 11 is 0. The lowest BCUT2D eigenvalue weighted by Gasteiger charge is -2.29. The zero-order valence-corrected chi connectivity index (χ0v) is 28.0. The molecule has 9 aromatic rings. The van der Waals surface area contributed by atoms with Crippen LogP contribution in [0.25, 0.3) is 66.2 Å². The van der Waals surface area contributed by atoms with Crippen molar-refractivity contribution in [2.24, 2.45) is 0 Å². The van der Waals surface area contributed by atoms with Gasteiger partial charge in [-0.05, 0) is 86.6 Å². The summed E-state index contributed by atoms with van der Waals surface area (Å²) in [6.45, 7) is 0. The van der Waals surface area contributed by atoms with Gasteiger partial charge < -0.3 is 0 Å². The number of rotatable bonds is 7. The number of nitrogens with zero attached hydrogens (tertiary/aromatic N) is 2. The van der Waals surface area contributed by atoms with Crippen molar-refractivity contribution in [3.63, 3.8) is 0 Å². The molecule has 0 aliphatic rings. The molecule has 51 heavy (non-hydrogen) atoms. The lowest BCUT2D eigenvalue weighted by molar-refractivity contribution is 1.20. The number of aromatic nitrogens is 1. The van der Waals surface area contributed by atoms with Gasteiger partial charge in [-0.1, -0.05) is 164 Å². The molecule has 0 atom stereocenters. The fourth-order valence-electron chi connectivity index (χ4n) is 7.29. The molecule has 0 amide bonds. The third kappa shape index (κ3) is 5.73. The normalized spacial score (nSPS) is 11.1. The van der Waals surface area contributed by atoms with E-state index in [9.17, 15) is 0 Å². The largest absolute Gasteiger partial charge is 0.294 e. The summed E-state index contributed by atoms with van der Waals surface area (Å²) in [7, 11) is 0. The Hall–Kier alpha value is -6.77. The summed E-state index contributed by atoms with van der Waals surface area (Å²) in [6.07, 6.45) is 0. The molecule has 0 bridgehead atoms. The van der Waals surface area contributed by atoms with Crippen LogP contribution in [0.3, 0.4) is 0 Å². The summed E-state index contributed by atoms with van der Waals surface area (Å²) in [5.74, 6) is 0.864.